The van der Waals surface area contributed by atoms with E-state index in [1.165, 1.54) is 17.0 Å². The van der Waals surface area contributed by atoms with E-state index in [1.807, 2.05) is 0 Å². The molecule has 0 radical (unpaired) electrons. The lowest BCUT2D eigenvalue weighted by Gasteiger charge is -2.32. The van der Waals surface area contributed by atoms with E-state index in [0.717, 1.165) is 5.56 Å². The van der Waals surface area contributed by atoms with E-state index in [2.05, 4.69) is 0 Å². The highest BCUT2D eigenvalue weighted by molar-refractivity contribution is 5.91. The molecule has 1 atom stereocenters. The highest BCUT2D eigenvalue weighted by Crippen LogP contribution is 2.27. The van der Waals surface area contributed by atoms with Crippen molar-refractivity contribution in [2.75, 3.05) is 13.1 Å². The van der Waals surface area contributed by atoms with Crippen molar-refractivity contribution in [1.29, 1.82) is 0 Å². The Balaban J connectivity index is 2.03. The summed E-state index contributed by atoms with van der Waals surface area (Å²) in [6.07, 6.45) is -0.0106. The Morgan fingerprint density at radius 2 is 1.91 bits per heavy atom. The van der Waals surface area contributed by atoms with E-state index < -0.39 is 16.6 Å². The van der Waals surface area contributed by atoms with Crippen LogP contribution in [0.4, 0.5) is 10.5 Å². The van der Waals surface area contributed by atoms with E-state index in [1.54, 1.807) is 32.9 Å². The number of likely N-dealkylation sites (tertiary alicyclic amines) is 1. The number of benzene rings is 1. The Kier molecular flexibility index (Phi) is 4.68. The Morgan fingerprint density at radius 1 is 1.30 bits per heavy atom. The van der Waals surface area contributed by atoms with Gasteiger partial charge in [-0.15, -0.1) is 0 Å². The lowest BCUT2D eigenvalue weighted by Crippen LogP contribution is -2.45. The molecule has 7 heteroatoms. The second-order valence-corrected chi connectivity index (χ2v) is 6.56. The second-order valence-electron chi connectivity index (χ2n) is 6.56. The topological polar surface area (TPSA) is 89.8 Å². The van der Waals surface area contributed by atoms with Gasteiger partial charge in [-0.25, -0.2) is 4.79 Å². The number of rotatable bonds is 2. The van der Waals surface area contributed by atoms with Crippen LogP contribution in [0.5, 0.6) is 0 Å². The van der Waals surface area contributed by atoms with Crippen LogP contribution in [0.2, 0.25) is 0 Å². The molecule has 1 aromatic carbocycles. The number of nitrogens with zero attached hydrogens (tertiary/aromatic N) is 2. The first-order valence-electron chi connectivity index (χ1n) is 7.42. The van der Waals surface area contributed by atoms with Crippen molar-refractivity contribution in [1.82, 2.24) is 4.90 Å². The van der Waals surface area contributed by atoms with Gasteiger partial charge in [0.15, 0.2) is 5.78 Å². The van der Waals surface area contributed by atoms with Crippen LogP contribution in [0.25, 0.3) is 0 Å². The van der Waals surface area contributed by atoms with Gasteiger partial charge in [-0.05, 0) is 32.8 Å². The van der Waals surface area contributed by atoms with Crippen molar-refractivity contribution in [2.24, 2.45) is 0 Å². The number of nitro groups is 1. The zero-order valence-corrected chi connectivity index (χ0v) is 13.4. The molecule has 0 aliphatic carbocycles. The maximum absolute atomic E-state index is 12.3. The molecule has 0 N–H and O–H groups in total. The monoisotopic (exact) mass is 320 g/mol. The number of ether oxygens (including phenoxy) is 1. The van der Waals surface area contributed by atoms with Crippen molar-refractivity contribution in [3.05, 3.63) is 39.9 Å². The van der Waals surface area contributed by atoms with Crippen molar-refractivity contribution >= 4 is 17.6 Å². The molecule has 1 fully saturated rings. The first-order valence-corrected chi connectivity index (χ1v) is 7.42. The molecule has 1 heterocycles. The molecule has 23 heavy (non-hydrogen) atoms. The Labute approximate surface area is 134 Å². The normalized spacial score (nSPS) is 18.7. The molecule has 1 unspecified atom stereocenters. The van der Waals surface area contributed by atoms with Crippen LogP contribution in [-0.4, -0.2) is 40.4 Å². The number of Topliss-reactive ketones (excluding diaryl/α,β-unsaturated/α-hetero) is 1. The third kappa shape index (κ3) is 4.28. The third-order valence-electron chi connectivity index (χ3n) is 3.58. The van der Waals surface area contributed by atoms with Crippen molar-refractivity contribution < 1.29 is 19.2 Å². The smallest absolute Gasteiger partial charge is 0.410 e. The predicted molar refractivity (Wildman–Crippen MR) is 83.3 cm³/mol. The lowest BCUT2D eigenvalue weighted by molar-refractivity contribution is -0.384. The zero-order chi connectivity index (χ0) is 17.2. The minimum absolute atomic E-state index is 0.00341. The minimum Gasteiger partial charge on any atom is -0.444 e. The molecule has 7 nitrogen and oxygen atoms in total. The molecular formula is C16H20N2O5. The molecule has 0 saturated carbocycles. The minimum atomic E-state index is -0.602. The van der Waals surface area contributed by atoms with E-state index in [9.17, 15) is 19.7 Å². The third-order valence-corrected chi connectivity index (χ3v) is 3.58. The summed E-state index contributed by atoms with van der Waals surface area (Å²) in [4.78, 5) is 35.9. The molecule has 1 amide bonds. The molecule has 2 rings (SSSR count). The van der Waals surface area contributed by atoms with Gasteiger partial charge in [0, 0.05) is 24.6 Å². The van der Waals surface area contributed by atoms with Gasteiger partial charge in [-0.1, -0.05) is 12.1 Å². The molecule has 1 saturated heterocycles. The van der Waals surface area contributed by atoms with E-state index >= 15 is 0 Å². The Bertz CT molecular complexity index is 618. The fraction of sp³-hybridized carbons (Fsp3) is 0.500. The lowest BCUT2D eigenvalue weighted by atomic mass is 9.88. The van der Waals surface area contributed by atoms with Gasteiger partial charge >= 0.3 is 6.09 Å². The first-order chi connectivity index (χ1) is 10.7. The number of carbonyl (C=O) groups excluding carboxylic acids is 2. The van der Waals surface area contributed by atoms with Gasteiger partial charge in [-0.3, -0.25) is 14.9 Å². The molecule has 1 aromatic rings. The van der Waals surface area contributed by atoms with Crippen LogP contribution < -0.4 is 0 Å². The van der Waals surface area contributed by atoms with Crippen molar-refractivity contribution in [3.8, 4) is 0 Å². The maximum atomic E-state index is 12.3. The fourth-order valence-corrected chi connectivity index (χ4v) is 2.49. The number of carbonyl (C=O) groups is 2. The molecule has 124 valence electrons. The number of hydrogen-bond donors (Lipinski definition) is 0. The maximum Gasteiger partial charge on any atom is 0.410 e. The average molecular weight is 320 g/mol. The highest BCUT2D eigenvalue weighted by atomic mass is 16.6. The van der Waals surface area contributed by atoms with Gasteiger partial charge in [0.1, 0.15) is 5.60 Å². The number of amides is 1. The average Bonchev–Trinajstić information content (AvgIpc) is 2.45. The largest absolute Gasteiger partial charge is 0.444 e. The predicted octanol–water partition coefficient (Wildman–Crippen LogP) is 2.89. The number of nitro benzene ring substituents is 1. The van der Waals surface area contributed by atoms with Crippen molar-refractivity contribution in [3.63, 3.8) is 0 Å². The van der Waals surface area contributed by atoms with Gasteiger partial charge < -0.3 is 9.64 Å². The van der Waals surface area contributed by atoms with Gasteiger partial charge in [0.25, 0.3) is 5.69 Å². The summed E-state index contributed by atoms with van der Waals surface area (Å²) in [6, 6.07) is 5.99. The summed E-state index contributed by atoms with van der Waals surface area (Å²) in [7, 11) is 0. The van der Waals surface area contributed by atoms with Crippen LogP contribution in [0, 0.1) is 10.1 Å². The molecule has 1 aliphatic heterocycles. The van der Waals surface area contributed by atoms with E-state index in [0.29, 0.717) is 13.0 Å². The number of non-ortho nitro benzene ring substituents is 1. The number of hydrogen-bond acceptors (Lipinski definition) is 5. The summed E-state index contributed by atoms with van der Waals surface area (Å²) in [5, 5.41) is 10.7. The van der Waals surface area contributed by atoms with Crippen molar-refractivity contribution in [2.45, 2.75) is 38.7 Å². The van der Waals surface area contributed by atoms with Gasteiger partial charge in [-0.2, -0.15) is 0 Å². The zero-order valence-electron chi connectivity index (χ0n) is 13.4. The summed E-state index contributed by atoms with van der Waals surface area (Å²) >= 11 is 0. The molecule has 0 aromatic heterocycles. The summed E-state index contributed by atoms with van der Waals surface area (Å²) in [6.45, 7) is 5.74. The Morgan fingerprint density at radius 3 is 2.39 bits per heavy atom. The number of piperidine rings is 1. The molecule has 1 aliphatic rings. The molecule has 0 spiro atoms. The van der Waals surface area contributed by atoms with Gasteiger partial charge in [0.2, 0.25) is 0 Å². The second kappa shape index (κ2) is 6.36. The standard InChI is InChI=1S/C16H20N2O5/c1-16(2,3)23-15(20)17-9-8-13(14(19)10-17)11-4-6-12(7-5-11)18(21)22/h4-7,13H,8-10H2,1-3H3. The quantitative estimate of drug-likeness (QED) is 0.617. The van der Waals surface area contributed by atoms with E-state index in [4.69, 9.17) is 4.74 Å². The van der Waals surface area contributed by atoms with Crippen LogP contribution in [0.15, 0.2) is 24.3 Å². The van der Waals surface area contributed by atoms with Gasteiger partial charge in [0.05, 0.1) is 11.5 Å². The summed E-state index contributed by atoms with van der Waals surface area (Å²) in [5.74, 6) is -0.426. The number of ketones is 1. The SMILES string of the molecule is CC(C)(C)OC(=O)N1CCC(c2ccc([N+](=O)[O-])cc2)C(=O)C1. The van der Waals surface area contributed by atoms with Crippen LogP contribution >= 0.6 is 0 Å². The fourth-order valence-electron chi connectivity index (χ4n) is 2.49. The van der Waals surface area contributed by atoms with Crippen LogP contribution in [-0.2, 0) is 9.53 Å². The Hall–Kier alpha value is -2.44. The molecule has 0 bridgehead atoms. The van der Waals surface area contributed by atoms with Crippen LogP contribution in [0.1, 0.15) is 38.7 Å². The first kappa shape index (κ1) is 16.9. The summed E-state index contributed by atoms with van der Waals surface area (Å²) in [5.41, 5.74) is 0.131. The highest BCUT2D eigenvalue weighted by Gasteiger charge is 2.32. The van der Waals surface area contributed by atoms with Crippen LogP contribution in [0.3, 0.4) is 0 Å². The van der Waals surface area contributed by atoms with E-state index in [-0.39, 0.29) is 23.9 Å². The molecular weight excluding hydrogens is 300 g/mol. The summed E-state index contributed by atoms with van der Waals surface area (Å²) < 4.78 is 5.27.